The molecule has 1 aromatic heterocycles. The van der Waals surface area contributed by atoms with Crippen LogP contribution in [-0.2, 0) is 0 Å². The molecule has 1 aromatic rings. The van der Waals surface area contributed by atoms with Crippen molar-refractivity contribution in [2.24, 2.45) is 5.92 Å². The van der Waals surface area contributed by atoms with Gasteiger partial charge in [-0.2, -0.15) is 10.2 Å². The van der Waals surface area contributed by atoms with Crippen LogP contribution in [0.2, 0.25) is 0 Å². The summed E-state index contributed by atoms with van der Waals surface area (Å²) in [6, 6.07) is 2.41. The maximum atomic E-state index is 9.54. The molecule has 0 bridgehead atoms. The summed E-state index contributed by atoms with van der Waals surface area (Å²) in [7, 11) is 0. The highest BCUT2D eigenvalue weighted by Crippen LogP contribution is 2.22. The molecule has 0 amide bonds. The minimum Gasteiger partial charge on any atom is -0.393 e. The summed E-state index contributed by atoms with van der Waals surface area (Å²) < 4.78 is 0. The number of anilines is 2. The van der Waals surface area contributed by atoms with Gasteiger partial charge in [0.25, 0.3) is 0 Å². The zero-order valence-corrected chi connectivity index (χ0v) is 13.3. The molecule has 0 atom stereocenters. The quantitative estimate of drug-likeness (QED) is 0.747. The highest BCUT2D eigenvalue weighted by Gasteiger charge is 2.20. The van der Waals surface area contributed by atoms with Crippen LogP contribution in [0.15, 0.2) is 6.20 Å². The first-order valence-electron chi connectivity index (χ1n) is 8.04. The van der Waals surface area contributed by atoms with E-state index in [9.17, 15) is 5.11 Å². The highest BCUT2D eigenvalue weighted by atomic mass is 16.3. The number of aliphatic hydroxyl groups is 1. The van der Waals surface area contributed by atoms with Gasteiger partial charge in [0.1, 0.15) is 17.5 Å². The van der Waals surface area contributed by atoms with Gasteiger partial charge in [0.05, 0.1) is 12.3 Å². The summed E-state index contributed by atoms with van der Waals surface area (Å²) in [4.78, 5) is 8.65. The van der Waals surface area contributed by atoms with Crippen LogP contribution in [0.5, 0.6) is 0 Å². The van der Waals surface area contributed by atoms with Crippen molar-refractivity contribution in [1.29, 1.82) is 5.26 Å². The molecule has 1 aliphatic carbocycles. The van der Waals surface area contributed by atoms with E-state index in [1.807, 2.05) is 0 Å². The Morgan fingerprint density at radius 1 is 1.36 bits per heavy atom. The summed E-state index contributed by atoms with van der Waals surface area (Å²) in [5.74, 6) is 1.75. The fourth-order valence-electron chi connectivity index (χ4n) is 2.55. The number of aromatic nitrogens is 2. The number of hydrogen-bond donors (Lipinski definition) is 3. The topological polar surface area (TPSA) is 93.9 Å². The van der Waals surface area contributed by atoms with E-state index in [0.29, 0.717) is 29.3 Å². The molecule has 0 radical (unpaired) electrons. The van der Waals surface area contributed by atoms with Crippen LogP contribution in [-0.4, -0.2) is 33.8 Å². The van der Waals surface area contributed by atoms with E-state index in [1.54, 1.807) is 6.20 Å². The minimum atomic E-state index is -0.173. The summed E-state index contributed by atoms with van der Waals surface area (Å²) >= 11 is 0. The molecule has 0 unspecified atom stereocenters. The van der Waals surface area contributed by atoms with Crippen molar-refractivity contribution in [3.63, 3.8) is 0 Å². The van der Waals surface area contributed by atoms with Crippen molar-refractivity contribution < 1.29 is 5.11 Å². The van der Waals surface area contributed by atoms with Crippen LogP contribution < -0.4 is 10.6 Å². The van der Waals surface area contributed by atoms with E-state index < -0.39 is 0 Å². The first kappa shape index (κ1) is 16.5. The standard InChI is InChI=1S/C16H25N5O/c1-11(2)7-8-18-15-12(9-17)10-19-16(21-15)20-13-3-5-14(22)6-4-13/h10-11,13-14,22H,3-8H2,1-2H3,(H2,18,19,20,21). The minimum absolute atomic E-state index is 0.173. The molecule has 2 rings (SSSR count). The van der Waals surface area contributed by atoms with Crippen LogP contribution >= 0.6 is 0 Å². The highest BCUT2D eigenvalue weighted by molar-refractivity contribution is 5.53. The fraction of sp³-hybridized carbons (Fsp3) is 0.688. The molecule has 120 valence electrons. The smallest absolute Gasteiger partial charge is 0.224 e. The van der Waals surface area contributed by atoms with E-state index in [2.05, 4.69) is 40.5 Å². The van der Waals surface area contributed by atoms with Crippen LogP contribution in [0.25, 0.3) is 0 Å². The first-order chi connectivity index (χ1) is 10.6. The second kappa shape index (κ2) is 7.95. The van der Waals surface area contributed by atoms with Crippen molar-refractivity contribution in [3.05, 3.63) is 11.8 Å². The second-order valence-corrected chi connectivity index (χ2v) is 6.33. The molecule has 1 saturated carbocycles. The van der Waals surface area contributed by atoms with Gasteiger partial charge in [0, 0.05) is 12.6 Å². The molecular weight excluding hydrogens is 278 g/mol. The van der Waals surface area contributed by atoms with E-state index in [-0.39, 0.29) is 6.10 Å². The molecule has 1 aliphatic rings. The number of hydrogen-bond acceptors (Lipinski definition) is 6. The van der Waals surface area contributed by atoms with Gasteiger partial charge in [-0.3, -0.25) is 0 Å². The lowest BCUT2D eigenvalue weighted by Crippen LogP contribution is -2.29. The van der Waals surface area contributed by atoms with Gasteiger partial charge in [-0.25, -0.2) is 4.98 Å². The third-order valence-electron chi connectivity index (χ3n) is 3.95. The van der Waals surface area contributed by atoms with Crippen molar-refractivity contribution in [2.45, 2.75) is 58.1 Å². The van der Waals surface area contributed by atoms with Crippen LogP contribution in [0.1, 0.15) is 51.5 Å². The maximum Gasteiger partial charge on any atom is 0.224 e. The van der Waals surface area contributed by atoms with Gasteiger partial charge >= 0.3 is 0 Å². The first-order valence-corrected chi connectivity index (χ1v) is 8.04. The largest absolute Gasteiger partial charge is 0.393 e. The number of aliphatic hydroxyl groups excluding tert-OH is 1. The van der Waals surface area contributed by atoms with Gasteiger partial charge < -0.3 is 15.7 Å². The molecule has 6 nitrogen and oxygen atoms in total. The third kappa shape index (κ3) is 4.85. The van der Waals surface area contributed by atoms with Crippen molar-refractivity contribution >= 4 is 11.8 Å². The van der Waals surface area contributed by atoms with E-state index >= 15 is 0 Å². The van der Waals surface area contributed by atoms with E-state index in [4.69, 9.17) is 5.26 Å². The Morgan fingerprint density at radius 3 is 2.73 bits per heavy atom. The van der Waals surface area contributed by atoms with Crippen molar-refractivity contribution in [3.8, 4) is 6.07 Å². The van der Waals surface area contributed by atoms with E-state index in [1.165, 1.54) is 0 Å². The summed E-state index contributed by atoms with van der Waals surface area (Å²) in [6.45, 7) is 5.12. The molecule has 0 aliphatic heterocycles. The zero-order valence-electron chi connectivity index (χ0n) is 13.3. The monoisotopic (exact) mass is 303 g/mol. The van der Waals surface area contributed by atoms with Crippen LogP contribution in [0.3, 0.4) is 0 Å². The molecule has 6 heteroatoms. The zero-order chi connectivity index (χ0) is 15.9. The van der Waals surface area contributed by atoms with Gasteiger partial charge in [-0.05, 0) is 38.0 Å². The maximum absolute atomic E-state index is 9.54. The SMILES string of the molecule is CC(C)CCNc1nc(NC2CCC(O)CC2)ncc1C#N. The Bertz CT molecular complexity index is 518. The average molecular weight is 303 g/mol. The van der Waals surface area contributed by atoms with Gasteiger partial charge in [0.15, 0.2) is 0 Å². The fourth-order valence-corrected chi connectivity index (χ4v) is 2.55. The molecular formula is C16H25N5O. The average Bonchev–Trinajstić information content (AvgIpc) is 2.49. The van der Waals surface area contributed by atoms with Crippen molar-refractivity contribution in [2.75, 3.05) is 17.2 Å². The molecule has 22 heavy (non-hydrogen) atoms. The molecule has 0 aromatic carbocycles. The third-order valence-corrected chi connectivity index (χ3v) is 3.95. The number of nitrogens with one attached hydrogen (secondary N) is 2. The lowest BCUT2D eigenvalue weighted by Gasteiger charge is -2.26. The van der Waals surface area contributed by atoms with Gasteiger partial charge in [-0.15, -0.1) is 0 Å². The van der Waals surface area contributed by atoms with Gasteiger partial charge in [0.2, 0.25) is 5.95 Å². The van der Waals surface area contributed by atoms with E-state index in [0.717, 1.165) is 38.6 Å². The van der Waals surface area contributed by atoms with Crippen molar-refractivity contribution in [1.82, 2.24) is 9.97 Å². The summed E-state index contributed by atoms with van der Waals surface area (Å²) in [5, 5.41) is 25.2. The molecule has 1 fully saturated rings. The lowest BCUT2D eigenvalue weighted by atomic mass is 9.93. The predicted molar refractivity (Wildman–Crippen MR) is 86.6 cm³/mol. The predicted octanol–water partition coefficient (Wildman–Crippen LogP) is 2.52. The Kier molecular flexibility index (Phi) is 5.96. The molecule has 1 heterocycles. The van der Waals surface area contributed by atoms with Crippen LogP contribution in [0, 0.1) is 17.2 Å². The lowest BCUT2D eigenvalue weighted by molar-refractivity contribution is 0.126. The number of nitriles is 1. The Balaban J connectivity index is 1.98. The Morgan fingerprint density at radius 2 is 2.09 bits per heavy atom. The summed E-state index contributed by atoms with van der Waals surface area (Å²) in [5.41, 5.74) is 0.466. The Hall–Kier alpha value is -1.87. The number of rotatable bonds is 6. The molecule has 3 N–H and O–H groups in total. The number of nitrogens with zero attached hydrogens (tertiary/aromatic N) is 3. The van der Waals surface area contributed by atoms with Crippen LogP contribution in [0.4, 0.5) is 11.8 Å². The van der Waals surface area contributed by atoms with Gasteiger partial charge in [-0.1, -0.05) is 13.8 Å². The Labute approximate surface area is 132 Å². The second-order valence-electron chi connectivity index (χ2n) is 6.33. The molecule has 0 saturated heterocycles. The normalized spacial score (nSPS) is 21.4. The summed E-state index contributed by atoms with van der Waals surface area (Å²) in [6.07, 6.45) is 5.87. The molecule has 0 spiro atoms.